The number of thiazole rings is 1. The normalized spacial score (nSPS) is 11.5. The zero-order chi connectivity index (χ0) is 10.9. The first-order valence-corrected chi connectivity index (χ1v) is 6.80. The highest BCUT2D eigenvalue weighted by molar-refractivity contribution is 9.11. The summed E-state index contributed by atoms with van der Waals surface area (Å²) >= 11 is 4.38. The van der Waals surface area contributed by atoms with E-state index in [1.807, 2.05) is 0 Å². The molecule has 0 spiro atoms. The number of imidazole rings is 1. The lowest BCUT2D eigenvalue weighted by Crippen LogP contribution is -2.12. The topological polar surface area (TPSA) is 87.7 Å². The lowest BCUT2D eigenvalue weighted by atomic mass is 11.0. The highest BCUT2D eigenvalue weighted by atomic mass is 79.9. The van der Waals surface area contributed by atoms with Crippen molar-refractivity contribution in [3.63, 3.8) is 0 Å². The molecule has 2 rings (SSSR count). The number of rotatable bonds is 3. The van der Waals surface area contributed by atoms with Crippen molar-refractivity contribution in [3.8, 4) is 0 Å². The first-order chi connectivity index (χ1) is 7.08. The van der Waals surface area contributed by atoms with E-state index < -0.39 is 10.0 Å². The Morgan fingerprint density at radius 2 is 2.27 bits per heavy atom. The highest BCUT2D eigenvalue weighted by Crippen LogP contribution is 2.24. The summed E-state index contributed by atoms with van der Waals surface area (Å²) in [5.74, 6) is 0. The third-order valence-corrected chi connectivity index (χ3v) is 4.25. The minimum absolute atomic E-state index is 0.00817. The Labute approximate surface area is 98.0 Å². The number of nitrogens with one attached hydrogen (secondary N) is 2. The van der Waals surface area contributed by atoms with Crippen LogP contribution in [0.2, 0.25) is 0 Å². The Hall–Kier alpha value is -0.930. The second kappa shape index (κ2) is 3.91. The molecule has 0 saturated carbocycles. The van der Waals surface area contributed by atoms with Gasteiger partial charge in [0.05, 0.1) is 22.5 Å². The molecule has 0 saturated heterocycles. The molecular weight excluding hydrogens is 304 g/mol. The molecule has 0 unspecified atom stereocenters. The quantitative estimate of drug-likeness (QED) is 0.898. The number of aromatic nitrogens is 3. The van der Waals surface area contributed by atoms with Gasteiger partial charge in [-0.3, -0.25) is 4.72 Å². The lowest BCUT2D eigenvalue weighted by Gasteiger charge is -2.00. The van der Waals surface area contributed by atoms with Crippen LogP contribution in [0.25, 0.3) is 0 Å². The average Bonchev–Trinajstić information content (AvgIpc) is 2.75. The second-order valence-corrected chi connectivity index (χ2v) is 6.55. The predicted octanol–water partition coefficient (Wildman–Crippen LogP) is 1.43. The number of H-pyrrole nitrogens is 1. The van der Waals surface area contributed by atoms with Crippen LogP contribution in [-0.2, 0) is 10.0 Å². The van der Waals surface area contributed by atoms with E-state index in [2.05, 4.69) is 35.6 Å². The summed E-state index contributed by atoms with van der Waals surface area (Å²) < 4.78 is 26.4. The van der Waals surface area contributed by atoms with Crippen LogP contribution in [0.5, 0.6) is 0 Å². The second-order valence-electron chi connectivity index (χ2n) is 2.49. The number of anilines is 1. The van der Waals surface area contributed by atoms with Crippen LogP contribution in [0, 0.1) is 0 Å². The van der Waals surface area contributed by atoms with Crippen molar-refractivity contribution in [2.45, 2.75) is 5.03 Å². The zero-order valence-electron chi connectivity index (χ0n) is 7.14. The zero-order valence-corrected chi connectivity index (χ0v) is 10.4. The summed E-state index contributed by atoms with van der Waals surface area (Å²) in [5.41, 5.74) is 0. The molecule has 2 aromatic rings. The molecule has 6 nitrogen and oxygen atoms in total. The van der Waals surface area contributed by atoms with Crippen LogP contribution in [0.3, 0.4) is 0 Å². The first-order valence-electron chi connectivity index (χ1n) is 3.70. The Morgan fingerprint density at radius 1 is 1.47 bits per heavy atom. The minimum atomic E-state index is -3.60. The van der Waals surface area contributed by atoms with Crippen LogP contribution in [0.15, 0.2) is 27.5 Å². The number of sulfonamides is 1. The van der Waals surface area contributed by atoms with E-state index in [9.17, 15) is 8.42 Å². The van der Waals surface area contributed by atoms with Crippen LogP contribution < -0.4 is 4.72 Å². The van der Waals surface area contributed by atoms with Crippen LogP contribution in [0.4, 0.5) is 5.13 Å². The van der Waals surface area contributed by atoms with Gasteiger partial charge in [0.1, 0.15) is 0 Å². The van der Waals surface area contributed by atoms with Gasteiger partial charge in [0, 0.05) is 0 Å². The lowest BCUT2D eigenvalue weighted by molar-refractivity contribution is 0.598. The molecule has 0 atom stereocenters. The van der Waals surface area contributed by atoms with Gasteiger partial charge in [-0.05, 0) is 15.9 Å². The van der Waals surface area contributed by atoms with E-state index in [4.69, 9.17) is 0 Å². The molecule has 0 fully saturated rings. The molecule has 0 aliphatic carbocycles. The summed E-state index contributed by atoms with van der Waals surface area (Å²) in [4.78, 5) is 10.0. The SMILES string of the molecule is O=S(=O)(Nc1ncc(Br)s1)c1cnc[nH]1. The summed E-state index contributed by atoms with van der Waals surface area (Å²) in [6.45, 7) is 0. The van der Waals surface area contributed by atoms with Crippen molar-refractivity contribution >= 4 is 42.4 Å². The van der Waals surface area contributed by atoms with Crippen LogP contribution in [-0.4, -0.2) is 23.4 Å². The third kappa shape index (κ3) is 2.36. The Morgan fingerprint density at radius 3 is 2.80 bits per heavy atom. The van der Waals surface area contributed by atoms with Crippen molar-refractivity contribution < 1.29 is 8.42 Å². The van der Waals surface area contributed by atoms with Crippen molar-refractivity contribution in [1.82, 2.24) is 15.0 Å². The molecule has 0 bridgehead atoms. The van der Waals surface area contributed by atoms with E-state index in [1.165, 1.54) is 30.1 Å². The fourth-order valence-corrected chi connectivity index (χ4v) is 3.12. The standard InChI is InChI=1S/C6H5BrN4O2S2/c7-4-1-9-6(14-4)11-15(12,13)5-2-8-3-10-5/h1-3H,(H,8,10)(H,9,11). The summed E-state index contributed by atoms with van der Waals surface area (Å²) in [7, 11) is -3.60. The Balaban J connectivity index is 2.26. The van der Waals surface area contributed by atoms with Crippen molar-refractivity contribution in [2.24, 2.45) is 0 Å². The van der Waals surface area contributed by atoms with Gasteiger partial charge in [0.25, 0.3) is 10.0 Å². The van der Waals surface area contributed by atoms with Gasteiger partial charge in [-0.1, -0.05) is 11.3 Å². The van der Waals surface area contributed by atoms with E-state index in [0.29, 0.717) is 5.13 Å². The molecule has 9 heteroatoms. The fraction of sp³-hybridized carbons (Fsp3) is 0. The monoisotopic (exact) mass is 308 g/mol. The molecule has 0 aliphatic heterocycles. The molecule has 2 aromatic heterocycles. The van der Waals surface area contributed by atoms with Gasteiger partial charge in [-0.15, -0.1) is 0 Å². The van der Waals surface area contributed by atoms with Gasteiger partial charge in [-0.2, -0.15) is 8.42 Å². The molecule has 0 radical (unpaired) electrons. The molecule has 2 N–H and O–H groups in total. The molecule has 2 heterocycles. The smallest absolute Gasteiger partial charge is 0.280 e. The van der Waals surface area contributed by atoms with E-state index in [-0.39, 0.29) is 5.03 Å². The number of nitrogens with zero attached hydrogens (tertiary/aromatic N) is 2. The number of hydrogen-bond acceptors (Lipinski definition) is 5. The van der Waals surface area contributed by atoms with E-state index in [0.717, 1.165) is 3.79 Å². The maximum atomic E-state index is 11.6. The molecule has 15 heavy (non-hydrogen) atoms. The first kappa shape index (κ1) is 10.6. The van der Waals surface area contributed by atoms with Gasteiger partial charge in [-0.25, -0.2) is 9.97 Å². The highest BCUT2D eigenvalue weighted by Gasteiger charge is 2.16. The maximum absolute atomic E-state index is 11.6. The minimum Gasteiger partial charge on any atom is -0.334 e. The van der Waals surface area contributed by atoms with Crippen LogP contribution in [0.1, 0.15) is 0 Å². The third-order valence-electron chi connectivity index (χ3n) is 1.46. The number of halogens is 1. The fourth-order valence-electron chi connectivity index (χ4n) is 0.862. The summed E-state index contributed by atoms with van der Waals surface area (Å²) in [6, 6.07) is 0. The van der Waals surface area contributed by atoms with Gasteiger partial charge < -0.3 is 4.98 Å². The number of hydrogen-bond donors (Lipinski definition) is 2. The van der Waals surface area contributed by atoms with Crippen LogP contribution >= 0.6 is 27.3 Å². The summed E-state index contributed by atoms with van der Waals surface area (Å²) in [5, 5.41) is 0.310. The van der Waals surface area contributed by atoms with Crippen molar-refractivity contribution in [2.75, 3.05) is 4.72 Å². The van der Waals surface area contributed by atoms with Gasteiger partial charge >= 0.3 is 0 Å². The Bertz CT molecular complexity index is 547. The van der Waals surface area contributed by atoms with Crippen molar-refractivity contribution in [3.05, 3.63) is 22.5 Å². The van der Waals surface area contributed by atoms with Gasteiger partial charge in [0.2, 0.25) is 0 Å². The summed E-state index contributed by atoms with van der Waals surface area (Å²) in [6.07, 6.45) is 4.05. The molecule has 80 valence electrons. The van der Waals surface area contributed by atoms with Crippen molar-refractivity contribution in [1.29, 1.82) is 0 Å². The van der Waals surface area contributed by atoms with E-state index in [1.54, 1.807) is 0 Å². The maximum Gasteiger partial charge on any atom is 0.280 e. The Kier molecular flexibility index (Phi) is 2.76. The van der Waals surface area contributed by atoms with E-state index >= 15 is 0 Å². The molecular formula is C6H5BrN4O2S2. The molecule has 0 amide bonds. The largest absolute Gasteiger partial charge is 0.334 e. The molecule has 0 aromatic carbocycles. The predicted molar refractivity (Wildman–Crippen MR) is 59.2 cm³/mol. The average molecular weight is 309 g/mol. The van der Waals surface area contributed by atoms with Gasteiger partial charge in [0.15, 0.2) is 10.2 Å². The number of aromatic amines is 1. The molecule has 0 aliphatic rings.